The summed E-state index contributed by atoms with van der Waals surface area (Å²) in [6.45, 7) is 6.62. The van der Waals surface area contributed by atoms with Crippen LogP contribution >= 0.6 is 0 Å². The van der Waals surface area contributed by atoms with Gasteiger partial charge in [-0.25, -0.2) is 0 Å². The van der Waals surface area contributed by atoms with Gasteiger partial charge in [-0.3, -0.25) is 4.79 Å². The molecule has 0 aromatic heterocycles. The van der Waals surface area contributed by atoms with Gasteiger partial charge in [-0.1, -0.05) is 19.9 Å². The van der Waals surface area contributed by atoms with Gasteiger partial charge in [0.25, 0.3) is 0 Å². The molecule has 1 saturated carbocycles. The van der Waals surface area contributed by atoms with Crippen LogP contribution in [0.3, 0.4) is 0 Å². The Balaban J connectivity index is 1.80. The zero-order valence-electron chi connectivity index (χ0n) is 10.3. The second-order valence-electron chi connectivity index (χ2n) is 6.20. The molecule has 2 heteroatoms. The summed E-state index contributed by atoms with van der Waals surface area (Å²) in [5.41, 5.74) is 1.51. The highest BCUT2D eigenvalue weighted by atomic mass is 16.2. The molecule has 1 aliphatic heterocycles. The van der Waals surface area contributed by atoms with E-state index in [2.05, 4.69) is 24.8 Å². The molecule has 2 fully saturated rings. The van der Waals surface area contributed by atoms with E-state index in [4.69, 9.17) is 0 Å². The number of nitrogens with zero attached hydrogens (tertiary/aromatic N) is 1. The Kier molecular flexibility index (Phi) is 2.17. The number of allylic oxidation sites excluding steroid dienone is 1. The van der Waals surface area contributed by atoms with Gasteiger partial charge in [0.05, 0.1) is 0 Å². The number of carbonyl (C=O) groups excluding carboxylic acids is 1. The molecule has 0 N–H and O–H groups in total. The Morgan fingerprint density at radius 1 is 1.38 bits per heavy atom. The van der Waals surface area contributed by atoms with Gasteiger partial charge in [0.2, 0.25) is 5.91 Å². The molecule has 16 heavy (non-hydrogen) atoms. The maximum Gasteiger partial charge on any atom is 0.249 e. The van der Waals surface area contributed by atoms with Crippen LogP contribution in [0.1, 0.15) is 39.5 Å². The van der Waals surface area contributed by atoms with Gasteiger partial charge in [-0.05, 0) is 42.9 Å². The van der Waals surface area contributed by atoms with Crippen LogP contribution in [0.25, 0.3) is 0 Å². The predicted octanol–water partition coefficient (Wildman–Crippen LogP) is 2.60. The van der Waals surface area contributed by atoms with Gasteiger partial charge in [0.1, 0.15) is 0 Å². The van der Waals surface area contributed by atoms with Crippen LogP contribution in [0.15, 0.2) is 11.6 Å². The Morgan fingerprint density at radius 3 is 2.62 bits per heavy atom. The fourth-order valence-corrected chi connectivity index (χ4v) is 3.69. The smallest absolute Gasteiger partial charge is 0.249 e. The average molecular weight is 219 g/mol. The first-order valence-corrected chi connectivity index (χ1v) is 6.60. The molecule has 0 aromatic carbocycles. The third kappa shape index (κ3) is 1.28. The van der Waals surface area contributed by atoms with Crippen molar-refractivity contribution >= 4 is 5.91 Å². The first kappa shape index (κ1) is 10.4. The zero-order valence-corrected chi connectivity index (χ0v) is 10.3. The van der Waals surface area contributed by atoms with E-state index in [1.54, 1.807) is 0 Å². The molecule has 3 aliphatic carbocycles. The van der Waals surface area contributed by atoms with Crippen LogP contribution in [0.2, 0.25) is 0 Å². The number of likely N-dealkylation sites (tertiary alicyclic amines) is 1. The van der Waals surface area contributed by atoms with Gasteiger partial charge in [-0.15, -0.1) is 0 Å². The first-order valence-electron chi connectivity index (χ1n) is 6.60. The van der Waals surface area contributed by atoms with E-state index in [-0.39, 0.29) is 0 Å². The van der Waals surface area contributed by atoms with E-state index in [1.165, 1.54) is 19.3 Å². The van der Waals surface area contributed by atoms with Crippen LogP contribution in [-0.4, -0.2) is 23.9 Å². The van der Waals surface area contributed by atoms with Gasteiger partial charge >= 0.3 is 0 Å². The molecule has 0 aromatic rings. The molecule has 2 atom stereocenters. The molecule has 0 radical (unpaired) electrons. The van der Waals surface area contributed by atoms with E-state index < -0.39 is 0 Å². The fourth-order valence-electron chi connectivity index (χ4n) is 3.69. The Morgan fingerprint density at radius 2 is 2.06 bits per heavy atom. The minimum Gasteiger partial charge on any atom is -0.339 e. The maximum absolute atomic E-state index is 12.4. The second-order valence-corrected chi connectivity index (χ2v) is 6.20. The predicted molar refractivity (Wildman–Crippen MR) is 63.9 cm³/mol. The molecule has 88 valence electrons. The lowest BCUT2D eigenvalue weighted by Crippen LogP contribution is -2.51. The van der Waals surface area contributed by atoms with Crippen molar-refractivity contribution in [1.29, 1.82) is 0 Å². The minimum absolute atomic E-state index is 0.341. The summed E-state index contributed by atoms with van der Waals surface area (Å²) in [6.07, 6.45) is 6.98. The lowest BCUT2D eigenvalue weighted by atomic mass is 9.49. The van der Waals surface area contributed by atoms with Crippen molar-refractivity contribution in [2.75, 3.05) is 13.1 Å². The third-order valence-electron chi connectivity index (χ3n) is 5.11. The van der Waals surface area contributed by atoms with Crippen molar-refractivity contribution in [3.63, 3.8) is 0 Å². The molecule has 0 spiro atoms. The van der Waals surface area contributed by atoms with Gasteiger partial charge in [0, 0.05) is 18.7 Å². The van der Waals surface area contributed by atoms with Gasteiger partial charge in [0.15, 0.2) is 0 Å². The lowest BCUT2D eigenvalue weighted by molar-refractivity contribution is -0.129. The third-order valence-corrected chi connectivity index (χ3v) is 5.11. The molecule has 0 unspecified atom stereocenters. The normalized spacial score (nSPS) is 35.6. The van der Waals surface area contributed by atoms with Crippen LogP contribution < -0.4 is 0 Å². The Hall–Kier alpha value is -0.790. The van der Waals surface area contributed by atoms with E-state index >= 15 is 0 Å². The molecular weight excluding hydrogens is 198 g/mol. The summed E-state index contributed by atoms with van der Waals surface area (Å²) in [7, 11) is 0. The molecular formula is C14H21NO. The number of amides is 1. The van der Waals surface area contributed by atoms with Crippen molar-refractivity contribution in [1.82, 2.24) is 4.90 Å². The monoisotopic (exact) mass is 219 g/mol. The highest BCUT2D eigenvalue weighted by Crippen LogP contribution is 2.59. The van der Waals surface area contributed by atoms with Crippen molar-refractivity contribution in [3.8, 4) is 0 Å². The topological polar surface area (TPSA) is 20.3 Å². The maximum atomic E-state index is 12.4. The van der Waals surface area contributed by atoms with Crippen LogP contribution in [0, 0.1) is 17.3 Å². The molecule has 2 bridgehead atoms. The molecule has 4 aliphatic rings. The minimum atomic E-state index is 0.341. The molecule has 1 amide bonds. The van der Waals surface area contributed by atoms with E-state index in [0.717, 1.165) is 31.0 Å². The fraction of sp³-hybridized carbons (Fsp3) is 0.786. The van der Waals surface area contributed by atoms with Crippen LogP contribution in [0.5, 0.6) is 0 Å². The summed E-state index contributed by atoms with van der Waals surface area (Å²) in [5.74, 6) is 1.71. The number of fused-ring (bicyclic) bond motifs is 1. The van der Waals surface area contributed by atoms with Gasteiger partial charge in [-0.2, -0.15) is 0 Å². The molecule has 2 nitrogen and oxygen atoms in total. The lowest BCUT2D eigenvalue weighted by Gasteiger charge is -2.56. The number of rotatable bonds is 1. The van der Waals surface area contributed by atoms with Crippen molar-refractivity contribution in [2.24, 2.45) is 17.3 Å². The summed E-state index contributed by atoms with van der Waals surface area (Å²) < 4.78 is 0. The van der Waals surface area contributed by atoms with Crippen molar-refractivity contribution in [3.05, 3.63) is 11.6 Å². The zero-order chi connectivity index (χ0) is 11.3. The summed E-state index contributed by atoms with van der Waals surface area (Å²) in [6, 6.07) is 0. The standard InChI is InChI=1S/C14H21NO/c1-14(2)10-5-6-11(12(14)9-10)13(16)15-7-3-4-8-15/h6,10,12H,3-5,7-9H2,1-2H3/t10-,12-/m1/s1. The second kappa shape index (κ2) is 3.35. The molecule has 1 heterocycles. The Labute approximate surface area is 97.7 Å². The number of carbonyl (C=O) groups is 1. The number of hydrogen-bond donors (Lipinski definition) is 0. The number of hydrogen-bond acceptors (Lipinski definition) is 1. The van der Waals surface area contributed by atoms with Gasteiger partial charge < -0.3 is 4.90 Å². The van der Waals surface area contributed by atoms with E-state index in [0.29, 0.717) is 17.2 Å². The highest BCUT2D eigenvalue weighted by molar-refractivity contribution is 5.94. The van der Waals surface area contributed by atoms with E-state index in [9.17, 15) is 4.79 Å². The first-order chi connectivity index (χ1) is 7.60. The van der Waals surface area contributed by atoms with Crippen molar-refractivity contribution < 1.29 is 4.79 Å². The molecule has 1 saturated heterocycles. The summed E-state index contributed by atoms with van der Waals surface area (Å²) >= 11 is 0. The van der Waals surface area contributed by atoms with Crippen molar-refractivity contribution in [2.45, 2.75) is 39.5 Å². The summed E-state index contributed by atoms with van der Waals surface area (Å²) in [4.78, 5) is 14.4. The average Bonchev–Trinajstić information content (AvgIpc) is 2.81. The highest BCUT2D eigenvalue weighted by Gasteiger charge is 2.53. The van der Waals surface area contributed by atoms with Crippen LogP contribution in [-0.2, 0) is 4.79 Å². The molecule has 4 rings (SSSR count). The SMILES string of the molecule is CC1(C)[C@@H]2CC=C(C(=O)N3CCCC3)[C@H]1C2. The summed E-state index contributed by atoms with van der Waals surface area (Å²) in [5, 5.41) is 0. The van der Waals surface area contributed by atoms with Crippen LogP contribution in [0.4, 0.5) is 0 Å². The largest absolute Gasteiger partial charge is 0.339 e. The quantitative estimate of drug-likeness (QED) is 0.664. The van der Waals surface area contributed by atoms with E-state index in [1.807, 2.05) is 0 Å². The Bertz CT molecular complexity index is 350.